The van der Waals surface area contributed by atoms with Gasteiger partial charge >= 0.3 is 5.97 Å². The minimum atomic E-state index is -1.17. The van der Waals surface area contributed by atoms with Crippen molar-refractivity contribution in [2.45, 2.75) is 18.9 Å². The molecule has 1 amide bonds. The third-order valence-corrected chi connectivity index (χ3v) is 3.49. The highest BCUT2D eigenvalue weighted by atomic mass is 16.5. The number of nitrogens with one attached hydrogen (secondary N) is 1. The fourth-order valence-electron chi connectivity index (χ4n) is 2.33. The number of carbonyl (C=O) groups is 2. The Hall–Kier alpha value is -2.76. The Bertz CT molecular complexity index is 667. The van der Waals surface area contributed by atoms with Gasteiger partial charge in [0.15, 0.2) is 0 Å². The van der Waals surface area contributed by atoms with Gasteiger partial charge in [-0.15, -0.1) is 0 Å². The summed E-state index contributed by atoms with van der Waals surface area (Å²) in [6.45, 7) is 1.59. The zero-order valence-electron chi connectivity index (χ0n) is 12.4. The van der Waals surface area contributed by atoms with Crippen LogP contribution in [0.4, 0.5) is 0 Å². The van der Waals surface area contributed by atoms with Crippen LogP contribution >= 0.6 is 0 Å². The summed E-state index contributed by atoms with van der Waals surface area (Å²) >= 11 is 0. The number of ether oxygens (including phenoxy) is 1. The average Bonchev–Trinajstić information content (AvgIpc) is 3.02. The first-order chi connectivity index (χ1) is 10.5. The fourth-order valence-corrected chi connectivity index (χ4v) is 2.33. The highest BCUT2D eigenvalue weighted by molar-refractivity contribution is 5.83. The van der Waals surface area contributed by atoms with Crippen LogP contribution in [0.1, 0.15) is 12.5 Å². The first-order valence-corrected chi connectivity index (χ1v) is 6.75. The van der Waals surface area contributed by atoms with Crippen molar-refractivity contribution < 1.29 is 19.4 Å². The summed E-state index contributed by atoms with van der Waals surface area (Å²) in [6.07, 6.45) is 4.33. The van der Waals surface area contributed by atoms with E-state index in [0.29, 0.717) is 12.1 Å². The quantitative estimate of drug-likeness (QED) is 0.624. The zero-order valence-corrected chi connectivity index (χ0v) is 12.4. The lowest BCUT2D eigenvalue weighted by Crippen LogP contribution is -2.51. The molecular formula is C16H18N2O4. The molecule has 0 fully saturated rings. The lowest BCUT2D eigenvalue weighted by molar-refractivity contribution is -0.148. The summed E-state index contributed by atoms with van der Waals surface area (Å²) in [5.41, 5.74) is 0.214. The highest BCUT2D eigenvalue weighted by Crippen LogP contribution is 2.25. The molecule has 116 valence electrons. The number of rotatable bonds is 6. The monoisotopic (exact) mass is 302 g/mol. The minimum absolute atomic E-state index is 0.128. The average molecular weight is 302 g/mol. The van der Waals surface area contributed by atoms with Crippen molar-refractivity contribution >= 4 is 12.4 Å². The number of hydrogen-bond acceptors (Lipinski definition) is 4. The van der Waals surface area contributed by atoms with Gasteiger partial charge in [0.05, 0.1) is 12.8 Å². The molecule has 6 nitrogen and oxygen atoms in total. The number of hydrogen-bond donors (Lipinski definition) is 2. The molecule has 0 saturated heterocycles. The van der Waals surface area contributed by atoms with Gasteiger partial charge in [0, 0.05) is 18.8 Å². The molecule has 0 spiro atoms. The molecule has 0 radical (unpaired) electrons. The Kier molecular flexibility index (Phi) is 4.50. The van der Waals surface area contributed by atoms with Gasteiger partial charge in [0.2, 0.25) is 6.41 Å². The first kappa shape index (κ1) is 15.6. The van der Waals surface area contributed by atoms with E-state index >= 15 is 0 Å². The predicted octanol–water partition coefficient (Wildman–Crippen LogP) is 1.40. The number of amides is 1. The van der Waals surface area contributed by atoms with Gasteiger partial charge in [0.25, 0.3) is 0 Å². The number of benzene rings is 1. The van der Waals surface area contributed by atoms with E-state index in [2.05, 4.69) is 5.32 Å². The Balaban J connectivity index is 2.35. The molecule has 0 unspecified atom stereocenters. The second-order valence-corrected chi connectivity index (χ2v) is 5.18. The molecule has 1 atom stereocenters. The maximum absolute atomic E-state index is 11.9. The number of methoxy groups -OCH3 is 1. The van der Waals surface area contributed by atoms with E-state index in [9.17, 15) is 14.7 Å². The molecule has 2 rings (SSSR count). The van der Waals surface area contributed by atoms with Crippen molar-refractivity contribution in [3.63, 3.8) is 0 Å². The molecule has 0 aliphatic heterocycles. The van der Waals surface area contributed by atoms with Crippen LogP contribution in [0.5, 0.6) is 5.75 Å². The number of phenols is 1. The van der Waals surface area contributed by atoms with Gasteiger partial charge in [-0.3, -0.25) is 4.79 Å². The molecule has 2 aromatic rings. The normalized spacial score (nSPS) is 13.2. The molecule has 1 heterocycles. The van der Waals surface area contributed by atoms with Gasteiger partial charge in [0.1, 0.15) is 11.3 Å². The summed E-state index contributed by atoms with van der Waals surface area (Å²) in [5.74, 6) is -0.404. The van der Waals surface area contributed by atoms with E-state index < -0.39 is 11.5 Å². The maximum Gasteiger partial charge on any atom is 0.331 e. The number of esters is 1. The first-order valence-electron chi connectivity index (χ1n) is 6.75. The third kappa shape index (κ3) is 3.11. The van der Waals surface area contributed by atoms with Gasteiger partial charge in [-0.25, -0.2) is 4.79 Å². The maximum atomic E-state index is 11.9. The second kappa shape index (κ2) is 6.34. The van der Waals surface area contributed by atoms with Crippen molar-refractivity contribution in [1.82, 2.24) is 9.88 Å². The lowest BCUT2D eigenvalue weighted by atomic mass is 9.92. The number of aromatic nitrogens is 1. The zero-order chi connectivity index (χ0) is 16.2. The van der Waals surface area contributed by atoms with Crippen LogP contribution in [0, 0.1) is 0 Å². The molecular weight excluding hydrogens is 284 g/mol. The van der Waals surface area contributed by atoms with E-state index in [0.717, 1.165) is 5.56 Å². The summed E-state index contributed by atoms with van der Waals surface area (Å²) in [5, 5.41) is 12.5. The van der Waals surface area contributed by atoms with Crippen LogP contribution in [0.25, 0.3) is 5.69 Å². The molecule has 0 saturated carbocycles. The number of nitrogens with zero attached hydrogens (tertiary/aromatic N) is 1. The van der Waals surface area contributed by atoms with Gasteiger partial charge in [-0.2, -0.15) is 0 Å². The van der Waals surface area contributed by atoms with E-state index in [1.165, 1.54) is 7.11 Å². The smallest absolute Gasteiger partial charge is 0.331 e. The van der Waals surface area contributed by atoms with Crippen LogP contribution < -0.4 is 5.32 Å². The van der Waals surface area contributed by atoms with Crippen LogP contribution in [0.2, 0.25) is 0 Å². The fraction of sp³-hybridized carbons (Fsp3) is 0.250. The standard InChI is InChI=1S/C16H18N2O4/c1-16(17-11-19,15(21)22-2)10-12-5-6-14(20)13(9-12)18-7-3-4-8-18/h3-9,11,20H,10H2,1-2H3,(H,17,19)/t16-/m1/s1. The van der Waals surface area contributed by atoms with Crippen molar-refractivity contribution in [2.24, 2.45) is 0 Å². The Labute approximate surface area is 128 Å². The summed E-state index contributed by atoms with van der Waals surface area (Å²) in [6, 6.07) is 8.72. The van der Waals surface area contributed by atoms with Crippen molar-refractivity contribution in [3.8, 4) is 11.4 Å². The van der Waals surface area contributed by atoms with Crippen molar-refractivity contribution in [2.75, 3.05) is 7.11 Å². The number of phenolic OH excluding ortho intramolecular Hbond substituents is 1. The van der Waals surface area contributed by atoms with Crippen LogP contribution in [0.3, 0.4) is 0 Å². The third-order valence-electron chi connectivity index (χ3n) is 3.49. The molecule has 0 aliphatic carbocycles. The summed E-state index contributed by atoms with van der Waals surface area (Å²) in [4.78, 5) is 22.7. The van der Waals surface area contributed by atoms with E-state index in [-0.39, 0.29) is 12.2 Å². The van der Waals surface area contributed by atoms with E-state index in [4.69, 9.17) is 4.74 Å². The molecule has 0 bridgehead atoms. The SMILES string of the molecule is COC(=O)[C@@](C)(Cc1ccc(O)c(-n2cccc2)c1)NC=O. The van der Waals surface area contributed by atoms with Crippen LogP contribution in [-0.4, -0.2) is 34.7 Å². The molecule has 2 N–H and O–H groups in total. The number of carbonyl (C=O) groups excluding carboxylic acids is 2. The number of aromatic hydroxyl groups is 1. The van der Waals surface area contributed by atoms with Crippen molar-refractivity contribution in [3.05, 3.63) is 48.3 Å². The second-order valence-electron chi connectivity index (χ2n) is 5.18. The Morgan fingerprint density at radius 1 is 1.41 bits per heavy atom. The molecule has 22 heavy (non-hydrogen) atoms. The molecule has 0 aliphatic rings. The molecule has 1 aromatic carbocycles. The Morgan fingerprint density at radius 2 is 2.09 bits per heavy atom. The van der Waals surface area contributed by atoms with Gasteiger partial charge in [-0.05, 0) is 36.8 Å². The highest BCUT2D eigenvalue weighted by Gasteiger charge is 2.34. The molecule has 1 aromatic heterocycles. The minimum Gasteiger partial charge on any atom is -0.506 e. The molecule has 6 heteroatoms. The largest absolute Gasteiger partial charge is 0.506 e. The predicted molar refractivity (Wildman–Crippen MR) is 80.8 cm³/mol. The summed E-state index contributed by atoms with van der Waals surface area (Å²) < 4.78 is 6.52. The summed E-state index contributed by atoms with van der Waals surface area (Å²) in [7, 11) is 1.27. The van der Waals surface area contributed by atoms with Crippen LogP contribution in [-0.2, 0) is 20.7 Å². The lowest BCUT2D eigenvalue weighted by Gasteiger charge is -2.26. The van der Waals surface area contributed by atoms with Gasteiger partial charge in [-0.1, -0.05) is 6.07 Å². The Morgan fingerprint density at radius 3 is 2.68 bits per heavy atom. The van der Waals surface area contributed by atoms with E-state index in [1.807, 2.05) is 24.5 Å². The topological polar surface area (TPSA) is 80.6 Å². The van der Waals surface area contributed by atoms with E-state index in [1.54, 1.807) is 29.7 Å². The van der Waals surface area contributed by atoms with Crippen LogP contribution in [0.15, 0.2) is 42.7 Å². The van der Waals surface area contributed by atoms with Gasteiger partial charge < -0.3 is 19.7 Å². The van der Waals surface area contributed by atoms with Crippen molar-refractivity contribution in [1.29, 1.82) is 0 Å².